The topological polar surface area (TPSA) is 0 Å². The van der Waals surface area contributed by atoms with Gasteiger partial charge in [0.05, 0.1) is 0 Å². The van der Waals surface area contributed by atoms with Crippen molar-refractivity contribution in [2.45, 2.75) is 26.7 Å². The van der Waals surface area contributed by atoms with Crippen molar-refractivity contribution >= 4 is 27.3 Å². The van der Waals surface area contributed by atoms with Gasteiger partial charge in [0.15, 0.2) is 0 Å². The van der Waals surface area contributed by atoms with Crippen LogP contribution in [0.25, 0.3) is 0 Å². The Bertz CT molecular complexity index is 196. The molecule has 0 aliphatic rings. The molecule has 0 unspecified atom stereocenters. The summed E-state index contributed by atoms with van der Waals surface area (Å²) in [6.45, 7) is 4.36. The van der Waals surface area contributed by atoms with Crippen molar-refractivity contribution in [2.24, 2.45) is 0 Å². The summed E-state index contributed by atoms with van der Waals surface area (Å²) < 4.78 is 1.26. The Kier molecular flexibility index (Phi) is 2.93. The summed E-state index contributed by atoms with van der Waals surface area (Å²) in [4.78, 5) is 2.88. The molecule has 0 fully saturated rings. The highest BCUT2D eigenvalue weighted by atomic mass is 79.9. The Balaban J connectivity index is 2.77. The largest absolute Gasteiger partial charge is 0.145 e. The Hall–Kier alpha value is 0.180. The van der Waals surface area contributed by atoms with Crippen LogP contribution in [0.2, 0.25) is 0 Å². The van der Waals surface area contributed by atoms with Crippen LogP contribution in [0, 0.1) is 6.92 Å². The number of aryl methyl sites for hydroxylation is 2. The molecule has 1 heterocycles. The van der Waals surface area contributed by atoms with E-state index in [0.29, 0.717) is 0 Å². The van der Waals surface area contributed by atoms with Crippen LogP contribution in [-0.2, 0) is 6.42 Å². The molecule has 0 nitrogen and oxygen atoms in total. The number of hydrogen-bond acceptors (Lipinski definition) is 1. The van der Waals surface area contributed by atoms with Gasteiger partial charge in [-0.15, -0.1) is 11.3 Å². The van der Waals surface area contributed by atoms with E-state index >= 15 is 0 Å². The molecule has 0 saturated heterocycles. The molecule has 1 aromatic rings. The fourth-order valence-electron chi connectivity index (χ4n) is 0.887. The van der Waals surface area contributed by atoms with Gasteiger partial charge in [0.25, 0.3) is 0 Å². The molecule has 0 bridgehead atoms. The number of hydrogen-bond donors (Lipinski definition) is 0. The zero-order valence-electron chi connectivity index (χ0n) is 6.28. The minimum absolute atomic E-state index is 1.22. The monoisotopic (exact) mass is 218 g/mol. The van der Waals surface area contributed by atoms with Gasteiger partial charge in [0.1, 0.15) is 0 Å². The lowest BCUT2D eigenvalue weighted by Crippen LogP contribution is -1.72. The van der Waals surface area contributed by atoms with Gasteiger partial charge in [0.2, 0.25) is 0 Å². The minimum Gasteiger partial charge on any atom is -0.145 e. The molecule has 0 saturated carbocycles. The molecule has 1 aromatic heterocycles. The predicted octanol–water partition coefficient (Wildman–Crippen LogP) is 3.77. The van der Waals surface area contributed by atoms with E-state index in [1.807, 2.05) is 11.3 Å². The van der Waals surface area contributed by atoms with Gasteiger partial charge in [-0.2, -0.15) is 0 Å². The highest BCUT2D eigenvalue weighted by molar-refractivity contribution is 9.10. The quantitative estimate of drug-likeness (QED) is 0.710. The average Bonchev–Trinajstić information content (AvgIpc) is 2.14. The van der Waals surface area contributed by atoms with E-state index in [4.69, 9.17) is 0 Å². The summed E-state index contributed by atoms with van der Waals surface area (Å²) in [6.07, 6.45) is 2.46. The zero-order chi connectivity index (χ0) is 7.56. The first-order valence-electron chi connectivity index (χ1n) is 3.49. The number of halogens is 1. The van der Waals surface area contributed by atoms with E-state index in [0.717, 1.165) is 0 Å². The van der Waals surface area contributed by atoms with Crippen LogP contribution >= 0.6 is 27.3 Å². The Morgan fingerprint density at radius 1 is 1.60 bits per heavy atom. The van der Waals surface area contributed by atoms with Crippen molar-refractivity contribution in [2.75, 3.05) is 0 Å². The van der Waals surface area contributed by atoms with Gasteiger partial charge in [-0.1, -0.05) is 13.3 Å². The Morgan fingerprint density at radius 2 is 2.30 bits per heavy atom. The molecular weight excluding hydrogens is 208 g/mol. The van der Waals surface area contributed by atoms with E-state index in [-0.39, 0.29) is 0 Å². The summed E-state index contributed by atoms with van der Waals surface area (Å²) in [6, 6.07) is 2.23. The van der Waals surface area contributed by atoms with E-state index < -0.39 is 0 Å². The SMILES string of the molecule is CCCc1cc(Br)c(C)s1. The molecule has 10 heavy (non-hydrogen) atoms. The fraction of sp³-hybridized carbons (Fsp3) is 0.500. The van der Waals surface area contributed by atoms with Gasteiger partial charge in [-0.25, -0.2) is 0 Å². The third-order valence-electron chi connectivity index (χ3n) is 1.40. The Morgan fingerprint density at radius 3 is 2.70 bits per heavy atom. The maximum Gasteiger partial charge on any atom is 0.0314 e. The van der Waals surface area contributed by atoms with Crippen molar-refractivity contribution in [1.82, 2.24) is 0 Å². The van der Waals surface area contributed by atoms with Gasteiger partial charge in [0, 0.05) is 14.2 Å². The molecule has 0 radical (unpaired) electrons. The number of rotatable bonds is 2. The van der Waals surface area contributed by atoms with E-state index in [9.17, 15) is 0 Å². The zero-order valence-corrected chi connectivity index (χ0v) is 8.68. The molecule has 0 aliphatic carbocycles. The second kappa shape index (κ2) is 3.54. The van der Waals surface area contributed by atoms with Crippen LogP contribution in [-0.4, -0.2) is 0 Å². The van der Waals surface area contributed by atoms with E-state index in [1.54, 1.807) is 0 Å². The third kappa shape index (κ3) is 1.83. The summed E-state index contributed by atoms with van der Waals surface area (Å²) >= 11 is 5.39. The first-order valence-corrected chi connectivity index (χ1v) is 5.09. The highest BCUT2D eigenvalue weighted by Gasteiger charge is 2.00. The first-order chi connectivity index (χ1) is 4.74. The summed E-state index contributed by atoms with van der Waals surface area (Å²) in [7, 11) is 0. The lowest BCUT2D eigenvalue weighted by atomic mass is 10.3. The lowest BCUT2D eigenvalue weighted by Gasteiger charge is -1.86. The standard InChI is InChI=1S/C8H11BrS/c1-3-4-7-5-8(9)6(2)10-7/h5H,3-4H2,1-2H3. The molecule has 56 valence electrons. The van der Waals surface area contributed by atoms with Crippen LogP contribution in [0.4, 0.5) is 0 Å². The van der Waals surface area contributed by atoms with Crippen LogP contribution in [0.1, 0.15) is 23.1 Å². The molecule has 0 N–H and O–H groups in total. The summed E-state index contributed by atoms with van der Waals surface area (Å²) in [5.41, 5.74) is 0. The van der Waals surface area contributed by atoms with Crippen LogP contribution in [0.3, 0.4) is 0 Å². The van der Waals surface area contributed by atoms with E-state index in [1.165, 1.54) is 27.1 Å². The summed E-state index contributed by atoms with van der Waals surface area (Å²) in [5.74, 6) is 0. The van der Waals surface area contributed by atoms with Crippen molar-refractivity contribution in [1.29, 1.82) is 0 Å². The van der Waals surface area contributed by atoms with Gasteiger partial charge < -0.3 is 0 Å². The van der Waals surface area contributed by atoms with Gasteiger partial charge in [-0.3, -0.25) is 0 Å². The fourth-order valence-corrected chi connectivity index (χ4v) is 2.59. The molecule has 2 heteroatoms. The van der Waals surface area contributed by atoms with Crippen molar-refractivity contribution < 1.29 is 0 Å². The Labute approximate surface area is 74.4 Å². The second-order valence-corrected chi connectivity index (χ2v) is 4.56. The van der Waals surface area contributed by atoms with E-state index in [2.05, 4.69) is 35.8 Å². The molecule has 0 atom stereocenters. The normalized spacial score (nSPS) is 10.3. The molecule has 1 rings (SSSR count). The maximum atomic E-state index is 3.50. The highest BCUT2D eigenvalue weighted by Crippen LogP contribution is 2.26. The molecular formula is C8H11BrS. The first kappa shape index (κ1) is 8.28. The van der Waals surface area contributed by atoms with Gasteiger partial charge in [-0.05, 0) is 35.3 Å². The minimum atomic E-state index is 1.22. The predicted molar refractivity (Wildman–Crippen MR) is 50.8 cm³/mol. The van der Waals surface area contributed by atoms with Gasteiger partial charge >= 0.3 is 0 Å². The summed E-state index contributed by atoms with van der Waals surface area (Å²) in [5, 5.41) is 0. The smallest absolute Gasteiger partial charge is 0.0314 e. The van der Waals surface area contributed by atoms with Crippen LogP contribution < -0.4 is 0 Å². The lowest BCUT2D eigenvalue weighted by molar-refractivity contribution is 0.939. The third-order valence-corrected chi connectivity index (χ3v) is 3.60. The molecule has 0 amide bonds. The van der Waals surface area contributed by atoms with Crippen molar-refractivity contribution in [3.05, 3.63) is 20.3 Å². The number of thiophene rings is 1. The maximum absolute atomic E-state index is 3.50. The molecule has 0 spiro atoms. The van der Waals surface area contributed by atoms with Crippen molar-refractivity contribution in [3.63, 3.8) is 0 Å². The van der Waals surface area contributed by atoms with Crippen molar-refractivity contribution in [3.8, 4) is 0 Å². The average molecular weight is 219 g/mol. The van der Waals surface area contributed by atoms with Crippen LogP contribution in [0.5, 0.6) is 0 Å². The molecule has 0 aliphatic heterocycles. The second-order valence-electron chi connectivity index (χ2n) is 2.37. The van der Waals surface area contributed by atoms with Crippen LogP contribution in [0.15, 0.2) is 10.5 Å². The molecule has 0 aromatic carbocycles.